The van der Waals surface area contributed by atoms with Gasteiger partial charge in [0.05, 0.1) is 18.2 Å². The summed E-state index contributed by atoms with van der Waals surface area (Å²) in [6, 6.07) is 4.53. The molecule has 1 aromatic carbocycles. The number of hydrogen-bond acceptors (Lipinski definition) is 2. The van der Waals surface area contributed by atoms with Crippen LogP contribution in [0, 0.1) is 0 Å². The first kappa shape index (κ1) is 12.0. The lowest BCUT2D eigenvalue weighted by Gasteiger charge is -2.19. The summed E-state index contributed by atoms with van der Waals surface area (Å²) in [7, 11) is 1.51. The van der Waals surface area contributed by atoms with Gasteiger partial charge in [-0.1, -0.05) is 18.2 Å². The number of halogens is 3. The van der Waals surface area contributed by atoms with Crippen LogP contribution in [-0.4, -0.2) is 18.8 Å². The number of benzene rings is 1. The van der Waals surface area contributed by atoms with Crippen LogP contribution in [0.5, 0.6) is 0 Å². The van der Waals surface area contributed by atoms with Crippen LogP contribution in [0.3, 0.4) is 0 Å². The Morgan fingerprint density at radius 3 is 2.40 bits per heavy atom. The molecule has 1 atom stereocenters. The summed E-state index contributed by atoms with van der Waals surface area (Å²) in [6.45, 7) is -0.371. The van der Waals surface area contributed by atoms with E-state index in [-0.39, 0.29) is 12.2 Å². The minimum absolute atomic E-state index is 0.0648. The van der Waals surface area contributed by atoms with Crippen molar-refractivity contribution in [3.05, 3.63) is 35.4 Å². The van der Waals surface area contributed by atoms with Gasteiger partial charge in [-0.15, -0.1) is 0 Å². The summed E-state index contributed by atoms with van der Waals surface area (Å²) in [6.07, 6.45) is -4.39. The second-order valence-electron chi connectivity index (χ2n) is 3.11. The SMILES string of the molecule is CN[C@@H](CO)c1ccccc1C(F)(F)F. The van der Waals surface area contributed by atoms with Crippen molar-refractivity contribution in [2.24, 2.45) is 0 Å². The molecule has 0 radical (unpaired) electrons. The number of alkyl halides is 3. The van der Waals surface area contributed by atoms with Crippen LogP contribution < -0.4 is 5.32 Å². The van der Waals surface area contributed by atoms with Gasteiger partial charge in [-0.05, 0) is 18.7 Å². The van der Waals surface area contributed by atoms with E-state index < -0.39 is 17.8 Å². The molecular formula is C10H12F3NO. The molecule has 0 bridgehead atoms. The van der Waals surface area contributed by atoms with Crippen molar-refractivity contribution in [1.29, 1.82) is 0 Å². The molecule has 0 fully saturated rings. The van der Waals surface area contributed by atoms with E-state index in [0.29, 0.717) is 0 Å². The lowest BCUT2D eigenvalue weighted by atomic mass is 10.0. The molecule has 84 valence electrons. The second-order valence-corrected chi connectivity index (χ2v) is 3.11. The van der Waals surface area contributed by atoms with Gasteiger partial charge in [0, 0.05) is 0 Å². The first-order chi connectivity index (χ1) is 7.00. The van der Waals surface area contributed by atoms with Crippen molar-refractivity contribution in [2.75, 3.05) is 13.7 Å². The maximum atomic E-state index is 12.6. The van der Waals surface area contributed by atoms with Crippen molar-refractivity contribution in [2.45, 2.75) is 12.2 Å². The fourth-order valence-electron chi connectivity index (χ4n) is 1.40. The minimum Gasteiger partial charge on any atom is -0.394 e. The Hall–Kier alpha value is -1.07. The highest BCUT2D eigenvalue weighted by Gasteiger charge is 2.34. The molecule has 0 saturated heterocycles. The number of likely N-dealkylation sites (N-methyl/N-ethyl adjacent to an activating group) is 1. The van der Waals surface area contributed by atoms with Gasteiger partial charge < -0.3 is 10.4 Å². The van der Waals surface area contributed by atoms with Crippen molar-refractivity contribution < 1.29 is 18.3 Å². The first-order valence-corrected chi connectivity index (χ1v) is 4.45. The Kier molecular flexibility index (Phi) is 3.71. The summed E-state index contributed by atoms with van der Waals surface area (Å²) < 4.78 is 37.7. The van der Waals surface area contributed by atoms with Gasteiger partial charge in [0.25, 0.3) is 0 Å². The van der Waals surface area contributed by atoms with Gasteiger partial charge >= 0.3 is 6.18 Å². The zero-order valence-corrected chi connectivity index (χ0v) is 8.17. The lowest BCUT2D eigenvalue weighted by Crippen LogP contribution is -2.23. The molecule has 0 amide bonds. The summed E-state index contributed by atoms with van der Waals surface area (Å²) in [5, 5.41) is 11.6. The van der Waals surface area contributed by atoms with Crippen molar-refractivity contribution in [1.82, 2.24) is 5.32 Å². The molecule has 2 nitrogen and oxygen atoms in total. The molecule has 15 heavy (non-hydrogen) atoms. The predicted octanol–water partition coefficient (Wildman–Crippen LogP) is 1.96. The number of hydrogen-bond donors (Lipinski definition) is 2. The highest BCUT2D eigenvalue weighted by Crippen LogP contribution is 2.34. The second kappa shape index (κ2) is 4.63. The van der Waals surface area contributed by atoms with E-state index >= 15 is 0 Å². The smallest absolute Gasteiger partial charge is 0.394 e. The Bertz CT molecular complexity index is 321. The number of aliphatic hydroxyl groups excluding tert-OH is 1. The van der Waals surface area contributed by atoms with E-state index in [0.717, 1.165) is 6.07 Å². The van der Waals surface area contributed by atoms with E-state index in [1.807, 2.05) is 0 Å². The minimum atomic E-state index is -4.39. The van der Waals surface area contributed by atoms with Gasteiger partial charge in [0.15, 0.2) is 0 Å². The monoisotopic (exact) mass is 219 g/mol. The fourth-order valence-corrected chi connectivity index (χ4v) is 1.40. The number of rotatable bonds is 3. The molecule has 0 aliphatic rings. The summed E-state index contributed by atoms with van der Waals surface area (Å²) >= 11 is 0. The van der Waals surface area contributed by atoms with E-state index in [2.05, 4.69) is 5.32 Å². The van der Waals surface area contributed by atoms with Crippen LogP contribution in [0.1, 0.15) is 17.2 Å². The van der Waals surface area contributed by atoms with Crippen LogP contribution in [0.15, 0.2) is 24.3 Å². The van der Waals surface area contributed by atoms with Crippen LogP contribution in [0.25, 0.3) is 0 Å². The maximum absolute atomic E-state index is 12.6. The van der Waals surface area contributed by atoms with Gasteiger partial charge in [-0.25, -0.2) is 0 Å². The molecule has 1 rings (SSSR count). The predicted molar refractivity (Wildman–Crippen MR) is 50.3 cm³/mol. The molecule has 1 aromatic rings. The van der Waals surface area contributed by atoms with Crippen LogP contribution in [-0.2, 0) is 6.18 Å². The average molecular weight is 219 g/mol. The normalized spacial score (nSPS) is 13.9. The van der Waals surface area contributed by atoms with E-state index in [9.17, 15) is 13.2 Å². The van der Waals surface area contributed by atoms with E-state index in [4.69, 9.17) is 5.11 Å². The van der Waals surface area contributed by atoms with Crippen molar-refractivity contribution in [3.8, 4) is 0 Å². The Morgan fingerprint density at radius 1 is 1.33 bits per heavy atom. The van der Waals surface area contributed by atoms with Gasteiger partial charge in [-0.3, -0.25) is 0 Å². The Morgan fingerprint density at radius 2 is 1.93 bits per heavy atom. The molecule has 0 unspecified atom stereocenters. The van der Waals surface area contributed by atoms with Crippen molar-refractivity contribution >= 4 is 0 Å². The van der Waals surface area contributed by atoms with E-state index in [1.165, 1.54) is 25.2 Å². The zero-order chi connectivity index (χ0) is 11.5. The van der Waals surface area contributed by atoms with Gasteiger partial charge in [0.1, 0.15) is 0 Å². The highest BCUT2D eigenvalue weighted by molar-refractivity contribution is 5.32. The summed E-state index contributed by atoms with van der Waals surface area (Å²) in [5.74, 6) is 0. The molecular weight excluding hydrogens is 207 g/mol. The zero-order valence-electron chi connectivity index (χ0n) is 8.17. The van der Waals surface area contributed by atoms with Crippen LogP contribution in [0.4, 0.5) is 13.2 Å². The van der Waals surface area contributed by atoms with Gasteiger partial charge in [-0.2, -0.15) is 13.2 Å². The molecule has 0 aliphatic carbocycles. The molecule has 2 N–H and O–H groups in total. The Balaban J connectivity index is 3.17. The summed E-state index contributed by atoms with van der Waals surface area (Å²) in [4.78, 5) is 0. The standard InChI is InChI=1S/C10H12F3NO/c1-14-9(6-15)7-4-2-3-5-8(7)10(11,12)13/h2-5,9,14-15H,6H2,1H3/t9-/m0/s1. The third-order valence-corrected chi connectivity index (χ3v) is 2.17. The summed E-state index contributed by atoms with van der Waals surface area (Å²) in [5.41, 5.74) is -0.645. The first-order valence-electron chi connectivity index (χ1n) is 4.45. The third-order valence-electron chi connectivity index (χ3n) is 2.17. The van der Waals surface area contributed by atoms with Gasteiger partial charge in [0.2, 0.25) is 0 Å². The van der Waals surface area contributed by atoms with E-state index in [1.54, 1.807) is 0 Å². The fraction of sp³-hybridized carbons (Fsp3) is 0.400. The molecule has 0 aromatic heterocycles. The molecule has 0 aliphatic heterocycles. The Labute approximate surface area is 85.7 Å². The number of nitrogens with one attached hydrogen (secondary N) is 1. The lowest BCUT2D eigenvalue weighted by molar-refractivity contribution is -0.138. The third kappa shape index (κ3) is 2.70. The molecule has 0 heterocycles. The molecule has 0 spiro atoms. The largest absolute Gasteiger partial charge is 0.416 e. The molecule has 0 saturated carbocycles. The van der Waals surface area contributed by atoms with Crippen LogP contribution in [0.2, 0.25) is 0 Å². The van der Waals surface area contributed by atoms with Crippen molar-refractivity contribution in [3.63, 3.8) is 0 Å². The highest BCUT2D eigenvalue weighted by atomic mass is 19.4. The van der Waals surface area contributed by atoms with Crippen LogP contribution >= 0.6 is 0 Å². The number of aliphatic hydroxyl groups is 1. The quantitative estimate of drug-likeness (QED) is 0.814. The average Bonchev–Trinajstić information content (AvgIpc) is 2.19. The molecule has 5 heteroatoms. The topological polar surface area (TPSA) is 32.3 Å². The maximum Gasteiger partial charge on any atom is 0.416 e.